The maximum Gasteiger partial charge on any atom is 0.301 e. The van der Waals surface area contributed by atoms with Gasteiger partial charge in [0.1, 0.15) is 5.76 Å². The van der Waals surface area contributed by atoms with Gasteiger partial charge in [-0.3, -0.25) is 10.1 Å². The first-order valence-electron chi connectivity index (χ1n) is 9.29. The van der Waals surface area contributed by atoms with Crippen LogP contribution in [0.15, 0.2) is 95.5 Å². The van der Waals surface area contributed by atoms with Crippen LogP contribution < -0.4 is 5.32 Å². The fourth-order valence-corrected chi connectivity index (χ4v) is 3.34. The van der Waals surface area contributed by atoms with Gasteiger partial charge in [-0.25, -0.2) is 4.98 Å². The van der Waals surface area contributed by atoms with Crippen LogP contribution in [0.5, 0.6) is 0 Å². The Kier molecular flexibility index (Phi) is 5.73. The number of hydrogen-bond acceptors (Lipinski definition) is 3. The third kappa shape index (κ3) is 4.73. The summed E-state index contributed by atoms with van der Waals surface area (Å²) in [5, 5.41) is 3.50. The first-order chi connectivity index (χ1) is 14.2. The molecule has 1 amide bonds. The van der Waals surface area contributed by atoms with Gasteiger partial charge >= 0.3 is 6.01 Å². The monoisotopic (exact) mass is 402 g/mol. The van der Waals surface area contributed by atoms with E-state index < -0.39 is 5.92 Å². The molecule has 5 heteroatoms. The number of aromatic nitrogens is 1. The van der Waals surface area contributed by atoms with Crippen molar-refractivity contribution in [3.8, 4) is 0 Å². The Labute approximate surface area is 174 Å². The molecular weight excluding hydrogens is 384 g/mol. The zero-order valence-corrected chi connectivity index (χ0v) is 16.3. The van der Waals surface area contributed by atoms with E-state index in [1.165, 1.54) is 0 Å². The molecule has 0 aliphatic heterocycles. The van der Waals surface area contributed by atoms with Crippen LogP contribution in [0.25, 0.3) is 0 Å². The molecule has 0 bridgehead atoms. The van der Waals surface area contributed by atoms with Gasteiger partial charge in [0.15, 0.2) is 0 Å². The molecule has 144 valence electrons. The third-order valence-corrected chi connectivity index (χ3v) is 4.86. The number of hydrogen-bond donors (Lipinski definition) is 1. The Hall–Kier alpha value is -3.37. The molecule has 0 aliphatic rings. The maximum atomic E-state index is 13.1. The number of rotatable bonds is 6. The van der Waals surface area contributed by atoms with Crippen molar-refractivity contribution >= 4 is 23.5 Å². The maximum absolute atomic E-state index is 13.1. The number of benzene rings is 3. The molecule has 0 saturated carbocycles. The SMILES string of the molecule is O=C(Nc1ncc(Cc2ccc(Cl)cc2)o1)C(c1ccccc1)c1ccccc1. The van der Waals surface area contributed by atoms with Crippen LogP contribution >= 0.6 is 11.6 Å². The first kappa shape index (κ1) is 19.0. The number of carbonyl (C=O) groups is 1. The van der Waals surface area contributed by atoms with Crippen LogP contribution in [-0.2, 0) is 11.2 Å². The first-order valence-corrected chi connectivity index (χ1v) is 9.67. The predicted octanol–water partition coefficient (Wildman–Crippen LogP) is 5.69. The zero-order valence-electron chi connectivity index (χ0n) is 15.6. The van der Waals surface area contributed by atoms with Crippen molar-refractivity contribution in [1.29, 1.82) is 0 Å². The van der Waals surface area contributed by atoms with E-state index in [2.05, 4.69) is 10.3 Å². The standard InChI is InChI=1S/C24H19ClN2O2/c25-20-13-11-17(12-14-20)15-21-16-26-24(29-21)27-23(28)22(18-7-3-1-4-8-18)19-9-5-2-6-10-19/h1-14,16,22H,15H2,(H,26,27,28). The molecule has 1 heterocycles. The van der Waals surface area contributed by atoms with Crippen LogP contribution in [0.1, 0.15) is 28.4 Å². The minimum atomic E-state index is -0.455. The van der Waals surface area contributed by atoms with Crippen molar-refractivity contribution < 1.29 is 9.21 Å². The Morgan fingerprint density at radius 2 is 1.48 bits per heavy atom. The van der Waals surface area contributed by atoms with Crippen LogP contribution in [0.2, 0.25) is 5.02 Å². The lowest BCUT2D eigenvalue weighted by Gasteiger charge is -2.16. The van der Waals surface area contributed by atoms with E-state index in [1.807, 2.05) is 84.9 Å². The minimum Gasteiger partial charge on any atom is -0.428 e. The molecule has 4 aromatic rings. The summed E-state index contributed by atoms with van der Waals surface area (Å²) in [6.07, 6.45) is 2.20. The number of halogens is 1. The molecule has 0 aliphatic carbocycles. The van der Waals surface area contributed by atoms with Crippen LogP contribution in [0.3, 0.4) is 0 Å². The van der Waals surface area contributed by atoms with Crippen molar-refractivity contribution in [2.45, 2.75) is 12.3 Å². The molecule has 4 nitrogen and oxygen atoms in total. The summed E-state index contributed by atoms with van der Waals surface area (Å²) in [6, 6.07) is 27.1. The van der Waals surface area contributed by atoms with Gasteiger partial charge in [-0.2, -0.15) is 0 Å². The van der Waals surface area contributed by atoms with Gasteiger partial charge in [0.25, 0.3) is 0 Å². The van der Waals surface area contributed by atoms with Gasteiger partial charge in [0, 0.05) is 11.4 Å². The normalized spacial score (nSPS) is 10.8. The second-order valence-corrected chi connectivity index (χ2v) is 7.12. The van der Waals surface area contributed by atoms with Gasteiger partial charge in [0.2, 0.25) is 5.91 Å². The van der Waals surface area contributed by atoms with Crippen molar-refractivity contribution in [2.75, 3.05) is 5.32 Å². The average molecular weight is 403 g/mol. The van der Waals surface area contributed by atoms with E-state index >= 15 is 0 Å². The van der Waals surface area contributed by atoms with E-state index in [0.717, 1.165) is 16.7 Å². The average Bonchev–Trinajstić information content (AvgIpc) is 3.18. The summed E-state index contributed by atoms with van der Waals surface area (Å²) >= 11 is 5.92. The van der Waals surface area contributed by atoms with Crippen molar-refractivity contribution in [3.05, 3.63) is 119 Å². The van der Waals surface area contributed by atoms with Crippen LogP contribution in [0.4, 0.5) is 6.01 Å². The molecule has 0 fully saturated rings. The summed E-state index contributed by atoms with van der Waals surface area (Å²) in [5.74, 6) is 0.0184. The molecule has 4 rings (SSSR count). The number of carbonyl (C=O) groups excluding carboxylic acids is 1. The van der Waals surface area contributed by atoms with Gasteiger partial charge in [-0.1, -0.05) is 84.4 Å². The summed E-state index contributed by atoms with van der Waals surface area (Å²) in [6.45, 7) is 0. The topological polar surface area (TPSA) is 55.1 Å². The Balaban J connectivity index is 1.52. The molecule has 1 aromatic heterocycles. The molecule has 0 unspecified atom stereocenters. The molecule has 1 N–H and O–H groups in total. The van der Waals surface area contributed by atoms with Crippen LogP contribution in [0, 0.1) is 0 Å². The highest BCUT2D eigenvalue weighted by Crippen LogP contribution is 2.26. The summed E-state index contributed by atoms with van der Waals surface area (Å²) in [4.78, 5) is 17.3. The Morgan fingerprint density at radius 3 is 2.07 bits per heavy atom. The fourth-order valence-electron chi connectivity index (χ4n) is 3.21. The second-order valence-electron chi connectivity index (χ2n) is 6.68. The van der Waals surface area contributed by atoms with Crippen molar-refractivity contribution in [1.82, 2.24) is 4.98 Å². The lowest BCUT2D eigenvalue weighted by molar-refractivity contribution is -0.116. The van der Waals surface area contributed by atoms with Gasteiger partial charge in [0.05, 0.1) is 12.1 Å². The van der Waals surface area contributed by atoms with Crippen molar-refractivity contribution in [3.63, 3.8) is 0 Å². The van der Waals surface area contributed by atoms with Crippen LogP contribution in [-0.4, -0.2) is 10.9 Å². The lowest BCUT2D eigenvalue weighted by Crippen LogP contribution is -2.22. The van der Waals surface area contributed by atoms with Crippen molar-refractivity contribution in [2.24, 2.45) is 0 Å². The van der Waals surface area contributed by atoms with E-state index in [4.69, 9.17) is 16.0 Å². The van der Waals surface area contributed by atoms with Gasteiger partial charge in [-0.05, 0) is 28.8 Å². The van der Waals surface area contributed by atoms with E-state index in [9.17, 15) is 4.79 Å². The third-order valence-electron chi connectivity index (χ3n) is 4.60. The molecule has 0 saturated heterocycles. The number of anilines is 1. The number of amides is 1. The second kappa shape index (κ2) is 8.76. The number of nitrogens with one attached hydrogen (secondary N) is 1. The lowest BCUT2D eigenvalue weighted by atomic mass is 9.90. The van der Waals surface area contributed by atoms with Gasteiger partial charge < -0.3 is 4.42 Å². The molecule has 0 radical (unpaired) electrons. The minimum absolute atomic E-state index is 0.191. The molecule has 3 aromatic carbocycles. The summed E-state index contributed by atoms with van der Waals surface area (Å²) in [7, 11) is 0. The fraction of sp³-hybridized carbons (Fsp3) is 0.0833. The number of oxazole rings is 1. The molecule has 29 heavy (non-hydrogen) atoms. The Morgan fingerprint density at radius 1 is 0.897 bits per heavy atom. The van der Waals surface area contributed by atoms with Gasteiger partial charge in [-0.15, -0.1) is 0 Å². The predicted molar refractivity (Wildman–Crippen MR) is 114 cm³/mol. The molecular formula is C24H19ClN2O2. The largest absolute Gasteiger partial charge is 0.428 e. The molecule has 0 atom stereocenters. The number of nitrogens with zero attached hydrogens (tertiary/aromatic N) is 1. The highest BCUT2D eigenvalue weighted by Gasteiger charge is 2.24. The Bertz CT molecular complexity index is 1040. The zero-order chi connectivity index (χ0) is 20.1. The van der Waals surface area contributed by atoms with E-state index in [1.54, 1.807) is 6.20 Å². The van der Waals surface area contributed by atoms with E-state index in [0.29, 0.717) is 17.2 Å². The quantitative estimate of drug-likeness (QED) is 0.450. The smallest absolute Gasteiger partial charge is 0.301 e. The summed E-state index contributed by atoms with van der Waals surface area (Å²) in [5.41, 5.74) is 2.86. The summed E-state index contributed by atoms with van der Waals surface area (Å²) < 4.78 is 5.73. The van der Waals surface area contributed by atoms with E-state index in [-0.39, 0.29) is 11.9 Å². The molecule has 0 spiro atoms. The highest BCUT2D eigenvalue weighted by molar-refractivity contribution is 6.30. The highest BCUT2D eigenvalue weighted by atomic mass is 35.5.